The highest BCUT2D eigenvalue weighted by atomic mass is 19.4. The maximum absolute atomic E-state index is 12.5. The van der Waals surface area contributed by atoms with E-state index in [1.807, 2.05) is 0 Å². The molecule has 0 saturated carbocycles. The van der Waals surface area contributed by atoms with Gasteiger partial charge in [0.25, 0.3) is 5.91 Å². The molecule has 0 aromatic carbocycles. The molecule has 1 aliphatic heterocycles. The molecule has 0 spiro atoms. The van der Waals surface area contributed by atoms with E-state index in [4.69, 9.17) is 4.74 Å². The van der Waals surface area contributed by atoms with Crippen molar-refractivity contribution < 1.29 is 27.5 Å². The molecule has 7 nitrogen and oxygen atoms in total. The smallest absolute Gasteiger partial charge is 0.451 e. The summed E-state index contributed by atoms with van der Waals surface area (Å²) in [7, 11) is 0. The molecule has 0 atom stereocenters. The average molecular weight is 332 g/mol. The van der Waals surface area contributed by atoms with Crippen molar-refractivity contribution in [1.29, 1.82) is 0 Å². The van der Waals surface area contributed by atoms with Crippen LogP contribution in [-0.2, 0) is 11.0 Å². The molecule has 0 unspecified atom stereocenters. The van der Waals surface area contributed by atoms with Crippen LogP contribution < -0.4 is 10.1 Å². The predicted molar refractivity (Wildman–Crippen MR) is 71.5 cm³/mol. The van der Waals surface area contributed by atoms with Crippen LogP contribution >= 0.6 is 0 Å². The Hall–Kier alpha value is -2.39. The summed E-state index contributed by atoms with van der Waals surface area (Å²) in [6.07, 6.45) is -3.43. The number of nitrogens with one attached hydrogen (secondary N) is 1. The van der Waals surface area contributed by atoms with Crippen molar-refractivity contribution in [3.05, 3.63) is 18.1 Å². The van der Waals surface area contributed by atoms with Crippen LogP contribution in [-0.4, -0.2) is 45.5 Å². The largest absolute Gasteiger partial charge is 0.478 e. The molecular weight excluding hydrogens is 317 g/mol. The first kappa shape index (κ1) is 17.0. The maximum atomic E-state index is 12.5. The minimum Gasteiger partial charge on any atom is -0.478 e. The van der Waals surface area contributed by atoms with Crippen LogP contribution in [0.5, 0.6) is 5.88 Å². The van der Waals surface area contributed by atoms with Crippen LogP contribution in [0.3, 0.4) is 0 Å². The number of rotatable bonds is 5. The van der Waals surface area contributed by atoms with Crippen LogP contribution in [0.15, 0.2) is 12.3 Å². The number of carbonyl (C=O) groups is 2. The SMILES string of the molecule is CC1(C)NC(=O)N(CCCOc2ccnc(C(F)(F)F)n2)C1=O. The number of hydrogen-bond donors (Lipinski definition) is 1. The molecule has 1 saturated heterocycles. The Morgan fingerprint density at radius 1 is 1.35 bits per heavy atom. The number of ether oxygens (including phenoxy) is 1. The van der Waals surface area contributed by atoms with Crippen molar-refractivity contribution in [3.63, 3.8) is 0 Å². The molecule has 3 amide bonds. The summed E-state index contributed by atoms with van der Waals surface area (Å²) in [4.78, 5) is 31.0. The third kappa shape index (κ3) is 3.88. The Morgan fingerprint density at radius 2 is 2.04 bits per heavy atom. The lowest BCUT2D eigenvalue weighted by Gasteiger charge is -2.16. The molecular formula is C13H15F3N4O3. The van der Waals surface area contributed by atoms with Gasteiger partial charge in [-0.3, -0.25) is 9.69 Å². The van der Waals surface area contributed by atoms with Crippen molar-refractivity contribution in [2.24, 2.45) is 0 Å². The molecule has 1 aromatic rings. The number of urea groups is 1. The van der Waals surface area contributed by atoms with Crippen LogP contribution in [0.4, 0.5) is 18.0 Å². The predicted octanol–water partition coefficient (Wildman–Crippen LogP) is 1.59. The Bertz CT molecular complexity index is 619. The molecule has 1 aromatic heterocycles. The third-order valence-electron chi connectivity index (χ3n) is 3.10. The average Bonchev–Trinajstić information content (AvgIpc) is 2.64. The molecule has 0 aliphatic carbocycles. The number of aromatic nitrogens is 2. The number of halogens is 3. The summed E-state index contributed by atoms with van der Waals surface area (Å²) in [5.41, 5.74) is -0.952. The number of amides is 3. The van der Waals surface area contributed by atoms with E-state index in [1.165, 1.54) is 6.07 Å². The van der Waals surface area contributed by atoms with E-state index in [0.29, 0.717) is 0 Å². The molecule has 126 valence electrons. The van der Waals surface area contributed by atoms with Crippen LogP contribution in [0.25, 0.3) is 0 Å². The van der Waals surface area contributed by atoms with Crippen LogP contribution in [0.1, 0.15) is 26.1 Å². The zero-order valence-electron chi connectivity index (χ0n) is 12.5. The molecule has 1 fully saturated rings. The highest BCUT2D eigenvalue weighted by molar-refractivity contribution is 6.06. The monoisotopic (exact) mass is 332 g/mol. The second-order valence-electron chi connectivity index (χ2n) is 5.43. The van der Waals surface area contributed by atoms with Crippen LogP contribution in [0, 0.1) is 0 Å². The lowest BCUT2D eigenvalue weighted by molar-refractivity contribution is -0.145. The fourth-order valence-electron chi connectivity index (χ4n) is 1.98. The lowest BCUT2D eigenvalue weighted by Crippen LogP contribution is -2.40. The van der Waals surface area contributed by atoms with Gasteiger partial charge < -0.3 is 10.1 Å². The molecule has 2 rings (SSSR count). The summed E-state index contributed by atoms with van der Waals surface area (Å²) in [6.45, 7) is 3.28. The molecule has 10 heteroatoms. The fourth-order valence-corrected chi connectivity index (χ4v) is 1.98. The van der Waals surface area contributed by atoms with Gasteiger partial charge in [0.15, 0.2) is 0 Å². The van der Waals surface area contributed by atoms with E-state index in [9.17, 15) is 22.8 Å². The first-order chi connectivity index (χ1) is 10.6. The molecule has 1 N–H and O–H groups in total. The normalized spacial score (nSPS) is 17.3. The van der Waals surface area contributed by atoms with E-state index < -0.39 is 23.6 Å². The molecule has 0 radical (unpaired) electrons. The van der Waals surface area contributed by atoms with E-state index >= 15 is 0 Å². The van der Waals surface area contributed by atoms with E-state index in [1.54, 1.807) is 13.8 Å². The topological polar surface area (TPSA) is 84.4 Å². The minimum absolute atomic E-state index is 0.00575. The van der Waals surface area contributed by atoms with Crippen molar-refractivity contribution in [2.75, 3.05) is 13.2 Å². The number of nitrogens with zero attached hydrogens (tertiary/aromatic N) is 3. The first-order valence-electron chi connectivity index (χ1n) is 6.78. The van der Waals surface area contributed by atoms with Crippen molar-refractivity contribution in [2.45, 2.75) is 32.0 Å². The number of imide groups is 1. The van der Waals surface area contributed by atoms with E-state index in [2.05, 4.69) is 15.3 Å². The Labute approximate surface area is 129 Å². The molecule has 0 bridgehead atoms. The van der Waals surface area contributed by atoms with Gasteiger partial charge in [-0.1, -0.05) is 0 Å². The van der Waals surface area contributed by atoms with Crippen molar-refractivity contribution in [3.8, 4) is 5.88 Å². The summed E-state index contributed by atoms with van der Waals surface area (Å²) in [5, 5.41) is 2.53. The second-order valence-corrected chi connectivity index (χ2v) is 5.43. The van der Waals surface area contributed by atoms with Crippen molar-refractivity contribution >= 4 is 11.9 Å². The van der Waals surface area contributed by atoms with Gasteiger partial charge in [-0.25, -0.2) is 9.78 Å². The summed E-state index contributed by atoms with van der Waals surface area (Å²) in [6, 6.07) is 0.702. The van der Waals surface area contributed by atoms with Gasteiger partial charge in [-0.15, -0.1) is 0 Å². The highest BCUT2D eigenvalue weighted by Crippen LogP contribution is 2.26. The highest BCUT2D eigenvalue weighted by Gasteiger charge is 2.43. The number of hydrogen-bond acceptors (Lipinski definition) is 5. The van der Waals surface area contributed by atoms with Gasteiger partial charge in [0.05, 0.1) is 6.61 Å². The number of alkyl halides is 3. The Morgan fingerprint density at radius 3 is 2.61 bits per heavy atom. The molecule has 2 heterocycles. The zero-order chi connectivity index (χ0) is 17.3. The summed E-state index contributed by atoms with van der Waals surface area (Å²) < 4.78 is 42.5. The first-order valence-corrected chi connectivity index (χ1v) is 6.78. The van der Waals surface area contributed by atoms with Gasteiger partial charge >= 0.3 is 12.2 Å². The van der Waals surface area contributed by atoms with E-state index in [-0.39, 0.29) is 31.4 Å². The van der Waals surface area contributed by atoms with Gasteiger partial charge in [0.1, 0.15) is 5.54 Å². The lowest BCUT2D eigenvalue weighted by atomic mass is 10.1. The van der Waals surface area contributed by atoms with Gasteiger partial charge in [-0.05, 0) is 20.3 Å². The maximum Gasteiger partial charge on any atom is 0.451 e. The third-order valence-corrected chi connectivity index (χ3v) is 3.10. The Balaban J connectivity index is 1.85. The summed E-state index contributed by atoms with van der Waals surface area (Å²) in [5.74, 6) is -1.86. The molecule has 1 aliphatic rings. The van der Waals surface area contributed by atoms with Gasteiger partial charge in [-0.2, -0.15) is 18.2 Å². The quantitative estimate of drug-likeness (QED) is 0.654. The summed E-state index contributed by atoms with van der Waals surface area (Å²) >= 11 is 0. The minimum atomic E-state index is -4.65. The number of carbonyl (C=O) groups excluding carboxylic acids is 2. The fraction of sp³-hybridized carbons (Fsp3) is 0.538. The Kier molecular flexibility index (Phi) is 4.44. The molecule has 23 heavy (non-hydrogen) atoms. The second kappa shape index (κ2) is 6.01. The standard InChI is InChI=1S/C13H15F3N4O3/c1-12(2)10(21)20(11(22)19-12)6-3-7-23-8-4-5-17-9(18-8)13(14,15)16/h4-5H,3,6-7H2,1-2H3,(H,19,22). The van der Waals surface area contributed by atoms with Gasteiger partial charge in [0.2, 0.25) is 11.7 Å². The van der Waals surface area contributed by atoms with Crippen LogP contribution in [0.2, 0.25) is 0 Å². The zero-order valence-corrected chi connectivity index (χ0v) is 12.5. The van der Waals surface area contributed by atoms with Gasteiger partial charge in [0, 0.05) is 18.8 Å². The van der Waals surface area contributed by atoms with E-state index in [0.717, 1.165) is 11.1 Å². The van der Waals surface area contributed by atoms with Crippen molar-refractivity contribution in [1.82, 2.24) is 20.2 Å².